The van der Waals surface area contributed by atoms with E-state index in [0.29, 0.717) is 0 Å². The van der Waals surface area contributed by atoms with Crippen molar-refractivity contribution in [3.63, 3.8) is 0 Å². The van der Waals surface area contributed by atoms with Gasteiger partial charge in [0.25, 0.3) is 0 Å². The molecule has 0 atom stereocenters. The van der Waals surface area contributed by atoms with E-state index >= 15 is 0 Å². The molecule has 108 valence electrons. The number of likely N-dealkylation sites (tertiary alicyclic amines) is 1. The van der Waals surface area contributed by atoms with Gasteiger partial charge in [-0.3, -0.25) is 0 Å². The molecule has 0 aliphatic carbocycles. The van der Waals surface area contributed by atoms with Gasteiger partial charge in [0.05, 0.1) is 0 Å². The Kier molecular flexibility index (Phi) is 6.31. The summed E-state index contributed by atoms with van der Waals surface area (Å²) in [6.07, 6.45) is 2.73. The van der Waals surface area contributed by atoms with Crippen LogP contribution in [0.3, 0.4) is 0 Å². The molecule has 1 aliphatic heterocycles. The Morgan fingerprint density at radius 2 is 2.21 bits per heavy atom. The smallest absolute Gasteiger partial charge is 0.0300 e. The lowest BCUT2D eigenvalue weighted by atomic mass is 9.97. The summed E-state index contributed by atoms with van der Waals surface area (Å²) in [5, 5.41) is 5.67. The molecule has 4 heteroatoms. The molecule has 2 rings (SSSR count). The van der Waals surface area contributed by atoms with Crippen LogP contribution in [0.2, 0.25) is 0 Å². The number of hydrogen-bond donors (Lipinski definition) is 1. The Labute approximate surface area is 121 Å². The second-order valence-corrected chi connectivity index (χ2v) is 6.80. The number of nitrogens with one attached hydrogen (secondary N) is 1. The molecule has 1 aliphatic rings. The first kappa shape index (κ1) is 15.0. The molecule has 0 amide bonds. The molecular weight excluding hydrogens is 254 g/mol. The van der Waals surface area contributed by atoms with Crippen molar-refractivity contribution in [1.82, 2.24) is 15.1 Å². The van der Waals surface area contributed by atoms with Gasteiger partial charge in [-0.15, -0.1) is 11.3 Å². The van der Waals surface area contributed by atoms with Crippen molar-refractivity contribution in [3.05, 3.63) is 22.4 Å². The van der Waals surface area contributed by atoms with E-state index in [4.69, 9.17) is 0 Å². The van der Waals surface area contributed by atoms with Crippen LogP contribution in [0.15, 0.2) is 17.5 Å². The molecule has 3 nitrogen and oxygen atoms in total. The summed E-state index contributed by atoms with van der Waals surface area (Å²) in [5.74, 6) is 0.901. The van der Waals surface area contributed by atoms with Crippen LogP contribution in [-0.4, -0.2) is 56.6 Å². The third-order valence-electron chi connectivity index (χ3n) is 3.96. The van der Waals surface area contributed by atoms with Gasteiger partial charge in [-0.1, -0.05) is 6.07 Å². The van der Waals surface area contributed by atoms with Crippen LogP contribution in [0.25, 0.3) is 0 Å². The van der Waals surface area contributed by atoms with E-state index in [9.17, 15) is 0 Å². The molecule has 1 saturated heterocycles. The molecular formula is C15H27N3S. The van der Waals surface area contributed by atoms with Crippen LogP contribution >= 0.6 is 11.3 Å². The van der Waals surface area contributed by atoms with E-state index < -0.39 is 0 Å². The second kappa shape index (κ2) is 8.00. The number of hydrogen-bond acceptors (Lipinski definition) is 4. The Morgan fingerprint density at radius 1 is 1.42 bits per heavy atom. The molecule has 0 radical (unpaired) electrons. The minimum atomic E-state index is 0.901. The summed E-state index contributed by atoms with van der Waals surface area (Å²) >= 11 is 1.83. The highest BCUT2D eigenvalue weighted by Gasteiger charge is 2.17. The van der Waals surface area contributed by atoms with Gasteiger partial charge in [0.1, 0.15) is 0 Å². The van der Waals surface area contributed by atoms with Crippen molar-refractivity contribution in [2.75, 3.05) is 46.8 Å². The lowest BCUT2D eigenvalue weighted by Gasteiger charge is -2.31. The lowest BCUT2D eigenvalue weighted by molar-refractivity contribution is 0.176. The van der Waals surface area contributed by atoms with Gasteiger partial charge in [-0.05, 0) is 57.4 Å². The average molecular weight is 281 g/mol. The van der Waals surface area contributed by atoms with Crippen molar-refractivity contribution < 1.29 is 0 Å². The van der Waals surface area contributed by atoms with E-state index in [1.807, 2.05) is 11.3 Å². The van der Waals surface area contributed by atoms with Crippen LogP contribution in [-0.2, 0) is 6.54 Å². The summed E-state index contributed by atoms with van der Waals surface area (Å²) in [6.45, 7) is 7.05. The lowest BCUT2D eigenvalue weighted by Crippen LogP contribution is -2.37. The highest BCUT2D eigenvalue weighted by molar-refractivity contribution is 7.09. The largest absolute Gasteiger partial charge is 0.311 e. The molecule has 0 spiro atoms. The molecule has 1 N–H and O–H groups in total. The van der Waals surface area contributed by atoms with E-state index in [0.717, 1.165) is 25.6 Å². The van der Waals surface area contributed by atoms with Gasteiger partial charge in [0, 0.05) is 31.1 Å². The Morgan fingerprint density at radius 3 is 2.89 bits per heavy atom. The third-order valence-corrected chi connectivity index (χ3v) is 4.83. The fraction of sp³-hybridized carbons (Fsp3) is 0.733. The summed E-state index contributed by atoms with van der Waals surface area (Å²) in [7, 11) is 4.49. The van der Waals surface area contributed by atoms with Gasteiger partial charge < -0.3 is 15.1 Å². The van der Waals surface area contributed by atoms with Crippen LogP contribution in [0.5, 0.6) is 0 Å². The summed E-state index contributed by atoms with van der Waals surface area (Å²) in [6, 6.07) is 4.31. The van der Waals surface area contributed by atoms with E-state index in [2.05, 4.69) is 46.7 Å². The maximum absolute atomic E-state index is 3.52. The maximum atomic E-state index is 3.52. The van der Waals surface area contributed by atoms with Gasteiger partial charge in [0.15, 0.2) is 0 Å². The molecule has 0 saturated carbocycles. The van der Waals surface area contributed by atoms with Crippen molar-refractivity contribution in [2.45, 2.75) is 19.4 Å². The Bertz CT molecular complexity index is 331. The molecule has 0 aromatic carbocycles. The quantitative estimate of drug-likeness (QED) is 0.772. The third kappa shape index (κ3) is 5.61. The van der Waals surface area contributed by atoms with E-state index in [-0.39, 0.29) is 0 Å². The van der Waals surface area contributed by atoms with Crippen molar-refractivity contribution in [1.29, 1.82) is 0 Å². The van der Waals surface area contributed by atoms with Crippen LogP contribution in [0, 0.1) is 5.92 Å². The predicted molar refractivity (Wildman–Crippen MR) is 83.7 cm³/mol. The summed E-state index contributed by atoms with van der Waals surface area (Å²) in [5.41, 5.74) is 0. The second-order valence-electron chi connectivity index (χ2n) is 5.77. The van der Waals surface area contributed by atoms with Crippen LogP contribution in [0.4, 0.5) is 0 Å². The van der Waals surface area contributed by atoms with Gasteiger partial charge in [-0.2, -0.15) is 0 Å². The van der Waals surface area contributed by atoms with Gasteiger partial charge in [-0.25, -0.2) is 0 Å². The number of likely N-dealkylation sites (N-methyl/N-ethyl adjacent to an activating group) is 1. The number of rotatable bonds is 7. The molecule has 19 heavy (non-hydrogen) atoms. The highest BCUT2D eigenvalue weighted by Crippen LogP contribution is 2.16. The van der Waals surface area contributed by atoms with Crippen molar-refractivity contribution in [3.8, 4) is 0 Å². The van der Waals surface area contributed by atoms with E-state index in [1.54, 1.807) is 0 Å². The Balaban J connectivity index is 1.53. The SMILES string of the molecule is CN1CCC(CN(C)CCNCc2cccs2)CC1. The monoisotopic (exact) mass is 281 g/mol. The first-order chi connectivity index (χ1) is 9.24. The number of thiophene rings is 1. The average Bonchev–Trinajstić information content (AvgIpc) is 2.91. The fourth-order valence-corrected chi connectivity index (χ4v) is 3.35. The maximum Gasteiger partial charge on any atom is 0.0300 e. The topological polar surface area (TPSA) is 18.5 Å². The molecule has 0 unspecified atom stereocenters. The molecule has 2 heterocycles. The molecule has 1 aromatic rings. The van der Waals surface area contributed by atoms with Crippen molar-refractivity contribution in [2.24, 2.45) is 5.92 Å². The highest BCUT2D eigenvalue weighted by atomic mass is 32.1. The molecule has 1 aromatic heterocycles. The van der Waals surface area contributed by atoms with Crippen molar-refractivity contribution >= 4 is 11.3 Å². The fourth-order valence-electron chi connectivity index (χ4n) is 2.67. The Hall–Kier alpha value is -0.420. The zero-order valence-electron chi connectivity index (χ0n) is 12.3. The van der Waals surface area contributed by atoms with Crippen LogP contribution in [0.1, 0.15) is 17.7 Å². The minimum absolute atomic E-state index is 0.901. The normalized spacial score (nSPS) is 18.3. The minimum Gasteiger partial charge on any atom is -0.311 e. The van der Waals surface area contributed by atoms with Crippen LogP contribution < -0.4 is 5.32 Å². The first-order valence-corrected chi connectivity index (χ1v) is 8.22. The number of nitrogens with zero attached hydrogens (tertiary/aromatic N) is 2. The predicted octanol–water partition coefficient (Wildman–Crippen LogP) is 2.11. The molecule has 1 fully saturated rings. The van der Waals surface area contributed by atoms with E-state index in [1.165, 1.54) is 37.4 Å². The standard InChI is InChI=1S/C15H27N3S/c1-17-8-5-14(6-9-17)13-18(2)10-7-16-12-15-4-3-11-19-15/h3-4,11,14,16H,5-10,12-13H2,1-2H3. The van der Waals surface area contributed by atoms with Gasteiger partial charge in [0.2, 0.25) is 0 Å². The summed E-state index contributed by atoms with van der Waals surface area (Å²) in [4.78, 5) is 6.36. The molecule has 0 bridgehead atoms. The number of piperidine rings is 1. The zero-order chi connectivity index (χ0) is 13.5. The summed E-state index contributed by atoms with van der Waals surface area (Å²) < 4.78 is 0. The first-order valence-electron chi connectivity index (χ1n) is 7.34. The zero-order valence-corrected chi connectivity index (χ0v) is 13.1. The van der Waals surface area contributed by atoms with Gasteiger partial charge >= 0.3 is 0 Å².